The molecule has 6 nitrogen and oxygen atoms in total. The molecule has 0 unspecified atom stereocenters. The highest BCUT2D eigenvalue weighted by Crippen LogP contribution is 2.03. The Morgan fingerprint density at radius 2 is 2.12 bits per heavy atom. The predicted octanol–water partition coefficient (Wildman–Crippen LogP) is -0.484. The van der Waals surface area contributed by atoms with Gasteiger partial charge in [0, 0.05) is 7.05 Å². The molecule has 2 aromatic heterocycles. The molecule has 0 spiro atoms. The van der Waals surface area contributed by atoms with Crippen molar-refractivity contribution < 1.29 is 0 Å². The quantitative estimate of drug-likeness (QED) is 0.634. The van der Waals surface area contributed by atoms with Crippen LogP contribution in [0.5, 0.6) is 0 Å². The fraction of sp³-hybridized carbons (Fsp3) is 0.300. The molecule has 0 aliphatic rings. The van der Waals surface area contributed by atoms with E-state index in [9.17, 15) is 9.59 Å². The number of aromatic nitrogens is 4. The van der Waals surface area contributed by atoms with E-state index < -0.39 is 11.2 Å². The molecule has 0 radical (unpaired) electrons. The maximum Gasteiger partial charge on any atom is 0.329 e. The van der Waals surface area contributed by atoms with Crippen molar-refractivity contribution in [3.8, 4) is 11.8 Å². The van der Waals surface area contributed by atoms with E-state index in [1.165, 1.54) is 4.57 Å². The monoisotopic (exact) mass is 218 g/mol. The molecular formula is C10H10N4O2. The summed E-state index contributed by atoms with van der Waals surface area (Å²) in [5.74, 6) is 6.15. The molecule has 2 rings (SSSR count). The molecule has 6 heteroatoms. The van der Waals surface area contributed by atoms with E-state index in [0.717, 1.165) is 0 Å². The van der Waals surface area contributed by atoms with Crippen LogP contribution < -0.4 is 11.2 Å². The molecule has 0 aliphatic heterocycles. The second-order valence-electron chi connectivity index (χ2n) is 3.30. The van der Waals surface area contributed by atoms with Gasteiger partial charge in [-0.25, -0.2) is 9.78 Å². The fourth-order valence-electron chi connectivity index (χ4n) is 1.41. The molecule has 16 heavy (non-hydrogen) atoms. The van der Waals surface area contributed by atoms with Gasteiger partial charge in [0.1, 0.15) is 11.3 Å². The number of hydrogen-bond donors (Lipinski definition) is 2. The van der Waals surface area contributed by atoms with Crippen molar-refractivity contribution in [2.45, 2.75) is 13.3 Å². The predicted molar refractivity (Wildman–Crippen MR) is 59.1 cm³/mol. The fourth-order valence-corrected chi connectivity index (χ4v) is 1.41. The Morgan fingerprint density at radius 3 is 2.81 bits per heavy atom. The van der Waals surface area contributed by atoms with Crippen LogP contribution in [0.15, 0.2) is 9.59 Å². The number of aromatic amines is 2. The molecule has 2 heterocycles. The Balaban J connectivity index is 2.73. The van der Waals surface area contributed by atoms with Gasteiger partial charge in [0.05, 0.1) is 6.42 Å². The van der Waals surface area contributed by atoms with Gasteiger partial charge in [-0.2, -0.15) is 0 Å². The zero-order valence-corrected chi connectivity index (χ0v) is 8.92. The number of hydrogen-bond acceptors (Lipinski definition) is 3. The lowest BCUT2D eigenvalue weighted by atomic mass is 10.4. The van der Waals surface area contributed by atoms with Gasteiger partial charge in [0.2, 0.25) is 0 Å². The highest BCUT2D eigenvalue weighted by molar-refractivity contribution is 5.69. The average molecular weight is 218 g/mol. The topological polar surface area (TPSA) is 83.5 Å². The maximum absolute atomic E-state index is 11.5. The lowest BCUT2D eigenvalue weighted by molar-refractivity contribution is 0.831. The number of rotatable bonds is 1. The number of nitrogens with zero attached hydrogens (tertiary/aromatic N) is 2. The molecule has 2 N–H and O–H groups in total. The Kier molecular flexibility index (Phi) is 2.37. The van der Waals surface area contributed by atoms with Gasteiger partial charge in [-0.1, -0.05) is 5.92 Å². The lowest BCUT2D eigenvalue weighted by Gasteiger charge is -1.94. The highest BCUT2D eigenvalue weighted by Gasteiger charge is 2.09. The van der Waals surface area contributed by atoms with Gasteiger partial charge < -0.3 is 4.98 Å². The van der Waals surface area contributed by atoms with Gasteiger partial charge in [-0.15, -0.1) is 5.92 Å². The molecule has 0 amide bonds. The van der Waals surface area contributed by atoms with Crippen molar-refractivity contribution in [3.05, 3.63) is 26.7 Å². The normalized spacial score (nSPS) is 10.1. The first-order valence-corrected chi connectivity index (χ1v) is 4.71. The van der Waals surface area contributed by atoms with Gasteiger partial charge >= 0.3 is 5.69 Å². The number of H-pyrrole nitrogens is 2. The molecule has 0 bridgehead atoms. The first-order valence-electron chi connectivity index (χ1n) is 4.71. The van der Waals surface area contributed by atoms with E-state index in [1.807, 2.05) is 0 Å². The second kappa shape index (κ2) is 3.70. The summed E-state index contributed by atoms with van der Waals surface area (Å²) in [5, 5.41) is 0. The summed E-state index contributed by atoms with van der Waals surface area (Å²) in [6.07, 6.45) is 0.429. The lowest BCUT2D eigenvalue weighted by Crippen LogP contribution is -2.28. The molecule has 0 saturated carbocycles. The van der Waals surface area contributed by atoms with E-state index >= 15 is 0 Å². The van der Waals surface area contributed by atoms with Crippen LogP contribution in [0.1, 0.15) is 12.7 Å². The van der Waals surface area contributed by atoms with Crippen molar-refractivity contribution >= 4 is 11.2 Å². The molecule has 0 fully saturated rings. The minimum atomic E-state index is -0.475. The van der Waals surface area contributed by atoms with E-state index in [1.54, 1.807) is 14.0 Å². The van der Waals surface area contributed by atoms with Crippen LogP contribution in [0.4, 0.5) is 0 Å². The zero-order valence-electron chi connectivity index (χ0n) is 8.92. The van der Waals surface area contributed by atoms with Crippen molar-refractivity contribution in [1.82, 2.24) is 19.5 Å². The second-order valence-corrected chi connectivity index (χ2v) is 3.30. The van der Waals surface area contributed by atoms with Crippen LogP contribution in [-0.2, 0) is 13.5 Å². The Hall–Kier alpha value is -2.29. The molecule has 0 saturated heterocycles. The number of fused-ring (bicyclic) bond motifs is 1. The van der Waals surface area contributed by atoms with Crippen molar-refractivity contribution in [1.29, 1.82) is 0 Å². The smallest absolute Gasteiger partial charge is 0.329 e. The third-order valence-electron chi connectivity index (χ3n) is 2.24. The largest absolute Gasteiger partial charge is 0.335 e. The third-order valence-corrected chi connectivity index (χ3v) is 2.24. The molecule has 0 aromatic carbocycles. The van der Waals surface area contributed by atoms with E-state index in [2.05, 4.69) is 26.8 Å². The SMILES string of the molecule is CC#CCc1nc2c([nH]1)c(=O)[nH]c(=O)n2C. The van der Waals surface area contributed by atoms with Gasteiger partial charge in [-0.05, 0) is 6.92 Å². The average Bonchev–Trinajstić information content (AvgIpc) is 2.68. The Morgan fingerprint density at radius 1 is 1.38 bits per heavy atom. The standard InChI is InChI=1S/C10H10N4O2/c1-3-4-5-6-11-7-8(12-6)14(2)10(16)13-9(7)15/h5H2,1-2H3,(H,11,12)(H,13,15,16). The van der Waals surface area contributed by atoms with Crippen molar-refractivity contribution in [3.63, 3.8) is 0 Å². The molecule has 0 atom stereocenters. The van der Waals surface area contributed by atoms with Crippen LogP contribution in [0.2, 0.25) is 0 Å². The Bertz CT molecular complexity index is 708. The maximum atomic E-state index is 11.5. The van der Waals surface area contributed by atoms with Gasteiger partial charge in [0.15, 0.2) is 5.65 Å². The van der Waals surface area contributed by atoms with Crippen LogP contribution in [0.25, 0.3) is 11.2 Å². The number of aryl methyl sites for hydroxylation is 1. The summed E-state index contributed by atoms with van der Waals surface area (Å²) >= 11 is 0. The summed E-state index contributed by atoms with van der Waals surface area (Å²) in [4.78, 5) is 32.0. The van der Waals surface area contributed by atoms with Crippen LogP contribution in [0, 0.1) is 11.8 Å². The summed E-state index contributed by atoms with van der Waals surface area (Å²) in [5.41, 5.74) is -0.282. The van der Waals surface area contributed by atoms with E-state index in [-0.39, 0.29) is 0 Å². The van der Waals surface area contributed by atoms with Crippen LogP contribution >= 0.6 is 0 Å². The first kappa shape index (κ1) is 10.2. The number of imidazole rings is 1. The molecular weight excluding hydrogens is 208 g/mol. The molecule has 2 aromatic rings. The highest BCUT2D eigenvalue weighted by atomic mass is 16.2. The van der Waals surface area contributed by atoms with E-state index in [0.29, 0.717) is 23.4 Å². The summed E-state index contributed by atoms with van der Waals surface area (Å²) in [6.45, 7) is 1.73. The molecule has 82 valence electrons. The zero-order chi connectivity index (χ0) is 11.7. The minimum absolute atomic E-state index is 0.301. The summed E-state index contributed by atoms with van der Waals surface area (Å²) in [6, 6.07) is 0. The minimum Gasteiger partial charge on any atom is -0.335 e. The Labute approximate surface area is 90.3 Å². The van der Waals surface area contributed by atoms with Gasteiger partial charge in [-0.3, -0.25) is 14.3 Å². The summed E-state index contributed by atoms with van der Waals surface area (Å²) in [7, 11) is 1.55. The summed E-state index contributed by atoms with van der Waals surface area (Å²) < 4.78 is 1.29. The van der Waals surface area contributed by atoms with Crippen LogP contribution in [0.3, 0.4) is 0 Å². The number of nitrogens with one attached hydrogen (secondary N) is 2. The third kappa shape index (κ3) is 1.52. The van der Waals surface area contributed by atoms with Gasteiger partial charge in [0.25, 0.3) is 5.56 Å². The van der Waals surface area contributed by atoms with E-state index in [4.69, 9.17) is 0 Å². The van der Waals surface area contributed by atoms with Crippen LogP contribution in [-0.4, -0.2) is 19.5 Å². The van der Waals surface area contributed by atoms with Crippen molar-refractivity contribution in [2.75, 3.05) is 0 Å². The first-order chi connectivity index (χ1) is 7.63. The van der Waals surface area contributed by atoms with Crippen molar-refractivity contribution in [2.24, 2.45) is 7.05 Å². The molecule has 0 aliphatic carbocycles.